The molecule has 0 fully saturated rings. The summed E-state index contributed by atoms with van der Waals surface area (Å²) in [7, 11) is 0. The number of nitrogens with one attached hydrogen (secondary N) is 2. The zero-order chi connectivity index (χ0) is 17.5. The van der Waals surface area contributed by atoms with Crippen molar-refractivity contribution in [1.82, 2.24) is 20.3 Å². The average molecular weight is 333 g/mol. The minimum Gasteiger partial charge on any atom is -0.348 e. The molecule has 0 radical (unpaired) electrons. The SMILES string of the molecule is CCc1ccccc1Nc1ncc(C(=O)NCc2ccncc2)cn1. The first kappa shape index (κ1) is 16.6. The van der Waals surface area contributed by atoms with E-state index in [0.717, 1.165) is 17.7 Å². The normalized spacial score (nSPS) is 10.3. The van der Waals surface area contributed by atoms with Crippen LogP contribution in [0.5, 0.6) is 0 Å². The minimum atomic E-state index is -0.211. The van der Waals surface area contributed by atoms with E-state index in [9.17, 15) is 4.79 Å². The van der Waals surface area contributed by atoms with Gasteiger partial charge in [-0.2, -0.15) is 0 Å². The monoisotopic (exact) mass is 333 g/mol. The molecule has 2 heterocycles. The van der Waals surface area contributed by atoms with E-state index in [4.69, 9.17) is 0 Å². The van der Waals surface area contributed by atoms with Crippen LogP contribution in [0.2, 0.25) is 0 Å². The van der Waals surface area contributed by atoms with Crippen LogP contribution in [0.1, 0.15) is 28.4 Å². The molecule has 6 heteroatoms. The van der Waals surface area contributed by atoms with E-state index in [2.05, 4.69) is 38.6 Å². The van der Waals surface area contributed by atoms with Crippen LogP contribution in [0.3, 0.4) is 0 Å². The Balaban J connectivity index is 1.62. The number of carbonyl (C=O) groups excluding carboxylic acids is 1. The molecule has 3 aromatic rings. The lowest BCUT2D eigenvalue weighted by Gasteiger charge is -2.09. The summed E-state index contributed by atoms with van der Waals surface area (Å²) in [6.45, 7) is 2.53. The van der Waals surface area contributed by atoms with Gasteiger partial charge in [0.25, 0.3) is 5.91 Å². The fourth-order valence-electron chi connectivity index (χ4n) is 2.37. The Morgan fingerprint density at radius 1 is 1.04 bits per heavy atom. The second-order valence-corrected chi connectivity index (χ2v) is 5.47. The van der Waals surface area contributed by atoms with Gasteiger partial charge in [0, 0.05) is 37.0 Å². The Kier molecular flexibility index (Phi) is 5.31. The molecule has 25 heavy (non-hydrogen) atoms. The van der Waals surface area contributed by atoms with Crippen molar-refractivity contribution in [3.63, 3.8) is 0 Å². The van der Waals surface area contributed by atoms with Gasteiger partial charge in [-0.05, 0) is 35.7 Å². The highest BCUT2D eigenvalue weighted by molar-refractivity contribution is 5.93. The van der Waals surface area contributed by atoms with Crippen LogP contribution in [0.15, 0.2) is 61.2 Å². The van der Waals surface area contributed by atoms with Crippen LogP contribution in [-0.4, -0.2) is 20.9 Å². The summed E-state index contributed by atoms with van der Waals surface area (Å²) in [6, 6.07) is 11.7. The van der Waals surface area contributed by atoms with E-state index < -0.39 is 0 Å². The number of aromatic nitrogens is 3. The maximum absolute atomic E-state index is 12.2. The lowest BCUT2D eigenvalue weighted by Crippen LogP contribution is -2.23. The first-order valence-electron chi connectivity index (χ1n) is 8.10. The Hall–Kier alpha value is -3.28. The highest BCUT2D eigenvalue weighted by Gasteiger charge is 2.08. The number of rotatable bonds is 6. The number of hydrogen-bond donors (Lipinski definition) is 2. The van der Waals surface area contributed by atoms with Gasteiger partial charge in [0.15, 0.2) is 0 Å². The second kappa shape index (κ2) is 8.01. The van der Waals surface area contributed by atoms with E-state index in [1.54, 1.807) is 12.4 Å². The van der Waals surface area contributed by atoms with Gasteiger partial charge in [0.05, 0.1) is 5.56 Å². The van der Waals surface area contributed by atoms with Crippen LogP contribution in [0, 0.1) is 0 Å². The molecule has 0 bridgehead atoms. The molecule has 1 aromatic carbocycles. The molecular weight excluding hydrogens is 314 g/mol. The maximum Gasteiger partial charge on any atom is 0.254 e. The molecule has 2 aromatic heterocycles. The number of pyridine rings is 1. The van der Waals surface area contributed by atoms with Gasteiger partial charge in [-0.25, -0.2) is 9.97 Å². The molecule has 0 aliphatic carbocycles. The third kappa shape index (κ3) is 4.38. The van der Waals surface area contributed by atoms with Crippen molar-refractivity contribution in [2.45, 2.75) is 19.9 Å². The molecule has 0 aliphatic rings. The molecule has 1 amide bonds. The Bertz CT molecular complexity index is 834. The number of hydrogen-bond acceptors (Lipinski definition) is 5. The van der Waals surface area contributed by atoms with Crippen LogP contribution in [0.25, 0.3) is 0 Å². The predicted molar refractivity (Wildman–Crippen MR) is 96.5 cm³/mol. The molecule has 6 nitrogen and oxygen atoms in total. The summed E-state index contributed by atoms with van der Waals surface area (Å²) >= 11 is 0. The van der Waals surface area contributed by atoms with Crippen LogP contribution in [-0.2, 0) is 13.0 Å². The van der Waals surface area contributed by atoms with E-state index in [-0.39, 0.29) is 5.91 Å². The topological polar surface area (TPSA) is 79.8 Å². The van der Waals surface area contributed by atoms with Crippen molar-refractivity contribution in [3.8, 4) is 0 Å². The Labute approximate surface area is 146 Å². The average Bonchev–Trinajstić information content (AvgIpc) is 2.68. The zero-order valence-electron chi connectivity index (χ0n) is 13.9. The van der Waals surface area contributed by atoms with Crippen molar-refractivity contribution in [2.24, 2.45) is 0 Å². The third-order valence-electron chi connectivity index (χ3n) is 3.76. The minimum absolute atomic E-state index is 0.211. The van der Waals surface area contributed by atoms with E-state index in [1.807, 2.05) is 30.3 Å². The van der Waals surface area contributed by atoms with Crippen LogP contribution in [0.4, 0.5) is 11.6 Å². The number of anilines is 2. The van der Waals surface area contributed by atoms with Crippen molar-refractivity contribution >= 4 is 17.5 Å². The van der Waals surface area contributed by atoms with Gasteiger partial charge in [-0.3, -0.25) is 9.78 Å². The first-order valence-corrected chi connectivity index (χ1v) is 8.10. The predicted octanol–water partition coefficient (Wildman–Crippen LogP) is 3.11. The van der Waals surface area contributed by atoms with E-state index in [1.165, 1.54) is 18.0 Å². The van der Waals surface area contributed by atoms with Gasteiger partial charge in [-0.15, -0.1) is 0 Å². The number of para-hydroxylation sites is 1. The highest BCUT2D eigenvalue weighted by atomic mass is 16.1. The van der Waals surface area contributed by atoms with Crippen LogP contribution >= 0.6 is 0 Å². The molecule has 0 saturated carbocycles. The third-order valence-corrected chi connectivity index (χ3v) is 3.76. The van der Waals surface area contributed by atoms with Crippen molar-refractivity contribution in [3.05, 3.63) is 77.9 Å². The van der Waals surface area contributed by atoms with Gasteiger partial charge in [-0.1, -0.05) is 25.1 Å². The fraction of sp³-hybridized carbons (Fsp3) is 0.158. The molecule has 0 spiro atoms. The van der Waals surface area contributed by atoms with Crippen molar-refractivity contribution in [2.75, 3.05) is 5.32 Å². The summed E-state index contributed by atoms with van der Waals surface area (Å²) in [4.78, 5) is 24.6. The second-order valence-electron chi connectivity index (χ2n) is 5.47. The van der Waals surface area contributed by atoms with Crippen LogP contribution < -0.4 is 10.6 Å². The molecule has 0 unspecified atom stereocenters. The highest BCUT2D eigenvalue weighted by Crippen LogP contribution is 2.18. The Morgan fingerprint density at radius 2 is 1.76 bits per heavy atom. The maximum atomic E-state index is 12.2. The van der Waals surface area contributed by atoms with Gasteiger partial charge in [0.2, 0.25) is 5.95 Å². The van der Waals surface area contributed by atoms with E-state index in [0.29, 0.717) is 18.1 Å². The Morgan fingerprint density at radius 3 is 2.48 bits per heavy atom. The summed E-state index contributed by atoms with van der Waals surface area (Å²) in [5.41, 5.74) is 3.56. The molecule has 0 saturated heterocycles. The standard InChI is InChI=1S/C19H19N5O/c1-2-15-5-3-4-6-17(15)24-19-22-12-16(13-23-19)18(25)21-11-14-7-9-20-10-8-14/h3-10,12-13H,2,11H2,1H3,(H,21,25)(H,22,23,24). The number of carbonyl (C=O) groups is 1. The van der Waals surface area contributed by atoms with Crippen molar-refractivity contribution in [1.29, 1.82) is 0 Å². The number of benzene rings is 1. The number of amides is 1. The molecule has 3 rings (SSSR count). The molecule has 2 N–H and O–H groups in total. The lowest BCUT2D eigenvalue weighted by atomic mass is 10.1. The first-order chi connectivity index (χ1) is 12.3. The summed E-state index contributed by atoms with van der Waals surface area (Å²) in [6.07, 6.45) is 7.34. The quantitative estimate of drug-likeness (QED) is 0.724. The van der Waals surface area contributed by atoms with Crippen molar-refractivity contribution < 1.29 is 4.79 Å². The fourth-order valence-corrected chi connectivity index (χ4v) is 2.37. The van der Waals surface area contributed by atoms with Gasteiger partial charge in [0.1, 0.15) is 0 Å². The summed E-state index contributed by atoms with van der Waals surface area (Å²) in [5.74, 6) is 0.254. The number of aryl methyl sites for hydroxylation is 1. The molecule has 126 valence electrons. The largest absolute Gasteiger partial charge is 0.348 e. The molecule has 0 atom stereocenters. The zero-order valence-corrected chi connectivity index (χ0v) is 13.9. The summed E-state index contributed by atoms with van der Waals surface area (Å²) in [5, 5.41) is 6.02. The summed E-state index contributed by atoms with van der Waals surface area (Å²) < 4.78 is 0. The van der Waals surface area contributed by atoms with E-state index >= 15 is 0 Å². The molecule has 0 aliphatic heterocycles. The lowest BCUT2D eigenvalue weighted by molar-refractivity contribution is 0.0950. The molecular formula is C19H19N5O. The van der Waals surface area contributed by atoms with Gasteiger partial charge < -0.3 is 10.6 Å². The smallest absolute Gasteiger partial charge is 0.254 e. The number of nitrogens with zero attached hydrogens (tertiary/aromatic N) is 3. The van der Waals surface area contributed by atoms with Gasteiger partial charge >= 0.3 is 0 Å².